The average molecular weight is 755 g/mol. The summed E-state index contributed by atoms with van der Waals surface area (Å²) in [5.41, 5.74) is 17.9. The predicted molar refractivity (Wildman–Crippen MR) is 250 cm³/mol. The van der Waals surface area contributed by atoms with Crippen LogP contribution < -0.4 is 5.46 Å². The van der Waals surface area contributed by atoms with Gasteiger partial charge in [0.05, 0.1) is 0 Å². The molecule has 2 aliphatic carbocycles. The normalized spacial score (nSPS) is 20.4. The van der Waals surface area contributed by atoms with E-state index in [-0.39, 0.29) is 21.7 Å². The van der Waals surface area contributed by atoms with Gasteiger partial charge in [0.2, 0.25) is 0 Å². The first-order valence-electron chi connectivity index (χ1n) is 21.7. The zero-order chi connectivity index (χ0) is 39.9. The highest BCUT2D eigenvalue weighted by atomic mass is 31.1. The van der Waals surface area contributed by atoms with E-state index in [0.717, 1.165) is 17.4 Å². The third-order valence-corrected chi connectivity index (χ3v) is 17.5. The van der Waals surface area contributed by atoms with Crippen LogP contribution >= 0.6 is 7.53 Å². The van der Waals surface area contributed by atoms with Crippen molar-refractivity contribution < 1.29 is 0 Å². The molecule has 1 fully saturated rings. The van der Waals surface area contributed by atoms with Gasteiger partial charge in [-0.1, -0.05) is 140 Å². The highest BCUT2D eigenvalue weighted by Gasteiger charge is 2.45. The maximum atomic E-state index is 7.39. The van der Waals surface area contributed by atoms with Crippen molar-refractivity contribution in [1.29, 1.82) is 0 Å². The van der Waals surface area contributed by atoms with Crippen LogP contribution in [0.2, 0.25) is 0 Å². The molecule has 1 saturated carbocycles. The molecule has 288 valence electrons. The van der Waals surface area contributed by atoms with Gasteiger partial charge in [-0.3, -0.25) is 0 Å². The second kappa shape index (κ2) is 14.1. The lowest BCUT2D eigenvalue weighted by Gasteiger charge is -2.49. The molecule has 2 aliphatic rings. The number of fused-ring (bicyclic) bond motifs is 4. The molecule has 2 heteroatoms. The molecule has 8 rings (SSSR count). The zero-order valence-electron chi connectivity index (χ0n) is 36.4. The number of rotatable bonds is 7. The zero-order valence-corrected chi connectivity index (χ0v) is 37.3. The van der Waals surface area contributed by atoms with Crippen molar-refractivity contribution in [3.8, 4) is 33.4 Å². The molecule has 56 heavy (non-hydrogen) atoms. The number of hydrogen-bond acceptors (Lipinski definition) is 0. The predicted octanol–water partition coefficient (Wildman–Crippen LogP) is 15.5. The van der Waals surface area contributed by atoms with Gasteiger partial charge in [-0.15, -0.1) is 7.53 Å². The fourth-order valence-corrected chi connectivity index (χ4v) is 13.0. The van der Waals surface area contributed by atoms with Gasteiger partial charge in [0.1, 0.15) is 7.85 Å². The summed E-state index contributed by atoms with van der Waals surface area (Å²) in [6.07, 6.45) is 11.1. The molecular weight excluding hydrogens is 690 g/mol. The third-order valence-electron chi connectivity index (χ3n) is 15.3. The molecule has 1 heterocycles. The summed E-state index contributed by atoms with van der Waals surface area (Å²) in [5, 5.41) is 5.90. The van der Waals surface area contributed by atoms with Crippen LogP contribution in [0.4, 0.5) is 0 Å². The van der Waals surface area contributed by atoms with Gasteiger partial charge in [0.25, 0.3) is 0 Å². The molecular formula is C54H64BP. The Kier molecular flexibility index (Phi) is 9.88. The first-order valence-corrected chi connectivity index (χ1v) is 23.5. The monoisotopic (exact) mass is 754 g/mol. The Morgan fingerprint density at radius 1 is 0.643 bits per heavy atom. The molecule has 0 bridgehead atoms. The van der Waals surface area contributed by atoms with E-state index < -0.39 is 7.53 Å². The molecule has 0 amide bonds. The first-order chi connectivity index (χ1) is 26.5. The quantitative estimate of drug-likeness (QED) is 0.142. The number of aryl methyl sites for hydroxylation is 3. The van der Waals surface area contributed by atoms with Crippen LogP contribution in [0.15, 0.2) is 78.9 Å². The maximum Gasteiger partial charge on any atom is 0.115 e. The summed E-state index contributed by atoms with van der Waals surface area (Å²) in [5.74, 6) is 0. The molecule has 5 aromatic carbocycles. The lowest BCUT2D eigenvalue weighted by atomic mass is 9.55. The van der Waals surface area contributed by atoms with Gasteiger partial charge < -0.3 is 0 Å². The van der Waals surface area contributed by atoms with E-state index in [1.807, 2.05) is 0 Å². The molecule has 0 aliphatic heterocycles. The van der Waals surface area contributed by atoms with E-state index in [9.17, 15) is 0 Å². The van der Waals surface area contributed by atoms with Crippen molar-refractivity contribution >= 4 is 41.9 Å². The molecule has 0 saturated heterocycles. The van der Waals surface area contributed by atoms with Gasteiger partial charge >= 0.3 is 0 Å². The van der Waals surface area contributed by atoms with Gasteiger partial charge in [-0.05, 0) is 172 Å². The summed E-state index contributed by atoms with van der Waals surface area (Å²) in [6.45, 7) is 27.0. The summed E-state index contributed by atoms with van der Waals surface area (Å²) in [7, 11) is 6.85. The Hall–Kier alpha value is -3.54. The van der Waals surface area contributed by atoms with Crippen molar-refractivity contribution in [2.75, 3.05) is 0 Å². The molecule has 0 spiro atoms. The van der Waals surface area contributed by atoms with E-state index in [4.69, 9.17) is 7.85 Å². The smallest absolute Gasteiger partial charge is 0.112 e. The van der Waals surface area contributed by atoms with Crippen molar-refractivity contribution in [1.82, 2.24) is 0 Å². The minimum atomic E-state index is -0.541. The van der Waals surface area contributed by atoms with Crippen molar-refractivity contribution in [2.24, 2.45) is 12.1 Å². The van der Waals surface area contributed by atoms with E-state index in [0.29, 0.717) is 0 Å². The van der Waals surface area contributed by atoms with Crippen molar-refractivity contribution in [3.05, 3.63) is 112 Å². The van der Waals surface area contributed by atoms with Crippen LogP contribution in [-0.2, 0) is 29.3 Å². The molecule has 0 N–H and O–H groups in total. The Labute approximate surface area is 341 Å². The largest absolute Gasteiger partial charge is 0.115 e. The number of unbranched alkanes of at least 4 members (excludes halogenated alkanes) is 1. The summed E-state index contributed by atoms with van der Waals surface area (Å²) < 4.78 is 0. The summed E-state index contributed by atoms with van der Waals surface area (Å²) in [4.78, 5) is 0. The van der Waals surface area contributed by atoms with Gasteiger partial charge in [0, 0.05) is 15.6 Å². The van der Waals surface area contributed by atoms with E-state index in [2.05, 4.69) is 155 Å². The Morgan fingerprint density at radius 3 is 2.00 bits per heavy atom. The second-order valence-corrected chi connectivity index (χ2v) is 22.2. The Morgan fingerprint density at radius 2 is 1.32 bits per heavy atom. The average Bonchev–Trinajstić information content (AvgIpc) is 3.45. The number of benzene rings is 5. The highest BCUT2D eigenvalue weighted by Crippen LogP contribution is 2.58. The Bertz CT molecular complexity index is 2490. The van der Waals surface area contributed by atoms with Crippen LogP contribution in [0.5, 0.6) is 0 Å². The molecule has 2 radical (unpaired) electrons. The van der Waals surface area contributed by atoms with Crippen LogP contribution in [0.1, 0.15) is 140 Å². The fourth-order valence-electron chi connectivity index (χ4n) is 11.0. The standard InChI is InChI=1S/C54H64BP/c1-12-13-19-36-29-40(35(3)43(30-36)54(10)25-18-17-24-53(54,8)9)39-22-23-46-49(48(39)42-31-38(28-34(2)50(42)55)37-20-15-14-16-21-37)41-32-44-45(33-47(41)56(46)11)52(6,7)27-26-51(44,4)5/h14-16,20-23,28-33H,12-13,17-19,24-27H2,1-11H3. The lowest BCUT2D eigenvalue weighted by molar-refractivity contribution is 0.109. The first kappa shape index (κ1) is 39.3. The van der Waals surface area contributed by atoms with Crippen LogP contribution in [0.25, 0.3) is 54.4 Å². The third kappa shape index (κ3) is 6.26. The topological polar surface area (TPSA) is 0 Å². The van der Waals surface area contributed by atoms with Crippen molar-refractivity contribution in [3.63, 3.8) is 0 Å². The number of hydrogen-bond donors (Lipinski definition) is 0. The Balaban J connectivity index is 1.53. The van der Waals surface area contributed by atoms with Gasteiger partial charge in [-0.25, -0.2) is 0 Å². The molecule has 2 atom stereocenters. The summed E-state index contributed by atoms with van der Waals surface area (Å²) >= 11 is 0. The molecule has 1 aromatic heterocycles. The maximum absolute atomic E-state index is 7.39. The van der Waals surface area contributed by atoms with E-state index >= 15 is 0 Å². The van der Waals surface area contributed by atoms with E-state index in [1.165, 1.54) is 122 Å². The molecule has 2 unspecified atom stereocenters. The van der Waals surface area contributed by atoms with Crippen LogP contribution in [0.3, 0.4) is 0 Å². The minimum Gasteiger partial charge on any atom is -0.112 e. The highest BCUT2D eigenvalue weighted by molar-refractivity contribution is 7.59. The molecule has 0 nitrogen and oxygen atoms in total. The van der Waals surface area contributed by atoms with Crippen molar-refractivity contribution in [2.45, 2.75) is 143 Å². The fraction of sp³-hybridized carbons (Fsp3) is 0.444. The SMILES string of the molecule is [B]c1c(C)cc(-c2ccccc2)cc1-c1c(-c2cc(CCCC)cc(C3(C)CCCCC3(C)C)c2C)ccc2c1c1cc3c(cc1p2C)C(C)(C)CCC3(C)C. The van der Waals surface area contributed by atoms with Crippen LogP contribution in [-0.4, -0.2) is 7.85 Å². The van der Waals surface area contributed by atoms with Gasteiger partial charge in [0.15, 0.2) is 0 Å². The molecule has 6 aromatic rings. The van der Waals surface area contributed by atoms with E-state index in [1.54, 1.807) is 11.1 Å². The second-order valence-electron chi connectivity index (χ2n) is 20.1. The lowest BCUT2D eigenvalue weighted by Crippen LogP contribution is -2.42. The van der Waals surface area contributed by atoms with Crippen LogP contribution in [0, 0.1) is 19.3 Å². The van der Waals surface area contributed by atoms with Gasteiger partial charge in [-0.2, -0.15) is 0 Å². The summed E-state index contributed by atoms with van der Waals surface area (Å²) in [6, 6.07) is 31.1. The minimum absolute atomic E-state index is 0.105.